The summed E-state index contributed by atoms with van der Waals surface area (Å²) in [6.45, 7) is 21.9. The van der Waals surface area contributed by atoms with E-state index in [4.69, 9.17) is 4.74 Å². The first-order valence-electron chi connectivity index (χ1n) is 32.7. The Bertz CT molecular complexity index is 1340. The average Bonchev–Trinajstić information content (AvgIpc) is 3.72. The Morgan fingerprint density at radius 3 is 1.65 bits per heavy atom. The third-order valence-electron chi connectivity index (χ3n) is 20.8. The molecule has 0 spiro atoms. The van der Waals surface area contributed by atoms with Crippen molar-refractivity contribution in [1.29, 1.82) is 0 Å². The molecule has 4 nitrogen and oxygen atoms in total. The Hall–Kier alpha value is -0.870. The number of carbonyl (C=O) groups is 1. The number of rotatable bonds is 43. The first-order chi connectivity index (χ1) is 34.5. The van der Waals surface area contributed by atoms with Gasteiger partial charge in [0.15, 0.2) is 0 Å². The molecule has 9 atom stereocenters. The molecule has 71 heavy (non-hydrogen) atoms. The lowest BCUT2D eigenvalue weighted by Crippen LogP contribution is -2.51. The Labute approximate surface area is 444 Å². The van der Waals surface area contributed by atoms with E-state index >= 15 is 0 Å². The van der Waals surface area contributed by atoms with Crippen molar-refractivity contribution in [1.82, 2.24) is 4.90 Å². The van der Waals surface area contributed by atoms with Crippen LogP contribution in [-0.2, 0) is 9.53 Å². The van der Waals surface area contributed by atoms with Gasteiger partial charge in [-0.3, -0.25) is 9.69 Å². The summed E-state index contributed by atoms with van der Waals surface area (Å²) in [6.07, 6.45) is 58.4. The van der Waals surface area contributed by atoms with Gasteiger partial charge in [-0.2, -0.15) is 0 Å². The summed E-state index contributed by atoms with van der Waals surface area (Å²) in [4.78, 5) is 16.0. The third-order valence-corrected chi connectivity index (χ3v) is 20.8. The second kappa shape index (κ2) is 36.2. The maximum absolute atomic E-state index is 13.4. The van der Waals surface area contributed by atoms with Gasteiger partial charge < -0.3 is 9.84 Å². The molecule has 3 fully saturated rings. The fourth-order valence-electron chi connectivity index (χ4n) is 15.7. The summed E-state index contributed by atoms with van der Waals surface area (Å²) in [7, 11) is 0. The smallest absolute Gasteiger partial charge is 0.306 e. The van der Waals surface area contributed by atoms with Crippen molar-refractivity contribution in [3.8, 4) is 0 Å². The Morgan fingerprint density at radius 2 is 1.13 bits per heavy atom. The van der Waals surface area contributed by atoms with Crippen molar-refractivity contribution in [2.75, 3.05) is 19.7 Å². The number of nitrogens with zero attached hydrogens (tertiary/aromatic N) is 1. The molecule has 1 N–H and O–H groups in total. The number of carbonyl (C=O) groups excluding carboxylic acids is 1. The molecule has 0 amide bonds. The van der Waals surface area contributed by atoms with E-state index in [1.807, 2.05) is 0 Å². The highest BCUT2D eigenvalue weighted by Gasteiger charge is 2.59. The molecule has 416 valence electrons. The molecule has 0 aromatic rings. The Morgan fingerprint density at radius 1 is 0.606 bits per heavy atom. The number of allylic oxidation sites excluding steroid dienone is 1. The molecule has 0 radical (unpaired) electrons. The second-order valence-corrected chi connectivity index (χ2v) is 26.4. The van der Waals surface area contributed by atoms with Crippen LogP contribution in [0.2, 0.25) is 0 Å². The number of aliphatic hydroxyl groups excluding tert-OH is 1. The molecule has 4 aliphatic carbocycles. The van der Waals surface area contributed by atoms with Crippen LogP contribution in [-0.4, -0.2) is 47.8 Å². The molecule has 0 saturated heterocycles. The molecule has 0 aromatic heterocycles. The zero-order chi connectivity index (χ0) is 51.2. The van der Waals surface area contributed by atoms with Crippen LogP contribution in [0.25, 0.3) is 0 Å². The number of ether oxygens (including phenoxy) is 1. The van der Waals surface area contributed by atoms with Gasteiger partial charge >= 0.3 is 5.97 Å². The topological polar surface area (TPSA) is 49.8 Å². The number of unbranched alkanes of at least 4 members (excludes halogenated alkanes) is 26. The van der Waals surface area contributed by atoms with Gasteiger partial charge in [-0.15, -0.1) is 0 Å². The highest BCUT2D eigenvalue weighted by Crippen LogP contribution is 2.67. The van der Waals surface area contributed by atoms with Crippen molar-refractivity contribution >= 4 is 5.97 Å². The summed E-state index contributed by atoms with van der Waals surface area (Å²) in [6, 6.07) is 0.583. The first kappa shape index (κ1) is 62.7. The fourth-order valence-corrected chi connectivity index (χ4v) is 15.7. The van der Waals surface area contributed by atoms with E-state index in [0.717, 1.165) is 86.6 Å². The maximum atomic E-state index is 13.4. The van der Waals surface area contributed by atoms with Gasteiger partial charge in [-0.05, 0) is 129 Å². The van der Waals surface area contributed by atoms with Gasteiger partial charge in [0.1, 0.15) is 6.10 Å². The van der Waals surface area contributed by atoms with E-state index in [2.05, 4.69) is 66.4 Å². The predicted molar refractivity (Wildman–Crippen MR) is 309 cm³/mol. The van der Waals surface area contributed by atoms with Gasteiger partial charge in [0, 0.05) is 25.4 Å². The lowest BCUT2D eigenvalue weighted by molar-refractivity contribution is -0.151. The lowest BCUT2D eigenvalue weighted by Gasteiger charge is -2.58. The predicted octanol–water partition coefficient (Wildman–Crippen LogP) is 20.4. The maximum Gasteiger partial charge on any atom is 0.306 e. The van der Waals surface area contributed by atoms with Crippen molar-refractivity contribution in [2.45, 2.75) is 337 Å². The van der Waals surface area contributed by atoms with Gasteiger partial charge in [0.25, 0.3) is 0 Å². The SMILES string of the molecule is CCCCCCCCCCCCCCCC(CCCCCCCCCCCCCCC)N(CCO)CCCCCC(=O)OC1CCC2(C)C(=CCC3C2CCC2(C)C(C(C)CCC(C)C(C)C)CCC32)C1. The first-order valence-corrected chi connectivity index (χ1v) is 32.7. The van der Waals surface area contributed by atoms with Crippen LogP contribution in [0.3, 0.4) is 0 Å². The van der Waals surface area contributed by atoms with Crippen LogP contribution < -0.4 is 0 Å². The van der Waals surface area contributed by atoms with E-state index < -0.39 is 0 Å². The number of fused-ring (bicyclic) bond motifs is 5. The van der Waals surface area contributed by atoms with Crippen molar-refractivity contribution in [2.24, 2.45) is 52.3 Å². The van der Waals surface area contributed by atoms with Crippen molar-refractivity contribution in [3.63, 3.8) is 0 Å². The molecular formula is C67H125NO3. The monoisotopic (exact) mass is 992 g/mol. The number of aliphatic hydroxyl groups is 1. The Kier molecular flexibility index (Phi) is 32.0. The van der Waals surface area contributed by atoms with Crippen LogP contribution >= 0.6 is 0 Å². The number of esters is 1. The summed E-state index contributed by atoms with van der Waals surface area (Å²) in [5.41, 5.74) is 2.45. The largest absolute Gasteiger partial charge is 0.462 e. The highest BCUT2D eigenvalue weighted by atomic mass is 16.5. The van der Waals surface area contributed by atoms with Crippen LogP contribution in [0.15, 0.2) is 11.6 Å². The van der Waals surface area contributed by atoms with Gasteiger partial charge in [0.05, 0.1) is 6.61 Å². The number of hydrogen-bond donors (Lipinski definition) is 1. The molecule has 4 aliphatic rings. The molecule has 4 heteroatoms. The normalized spacial score (nSPS) is 26.1. The standard InChI is InChI=1S/C67H125NO3/c1-9-11-13-15-17-19-21-23-25-27-29-31-34-38-59(39-35-32-30-28-26-24-22-20-18-16-14-12-10-2)68(52-53-69)51-37-33-36-40-65(70)71-60-47-49-66(7)58(54-60)43-44-61-63-46-45-62(67(63,8)50-48-64(61)66)57(6)42-41-56(5)55(3)4/h43,55-57,59-64,69H,9-42,44-54H2,1-8H3. The van der Waals surface area contributed by atoms with E-state index in [0.29, 0.717) is 23.3 Å². The summed E-state index contributed by atoms with van der Waals surface area (Å²) in [5, 5.41) is 10.2. The molecule has 9 unspecified atom stereocenters. The van der Waals surface area contributed by atoms with Crippen LogP contribution in [0.1, 0.15) is 325 Å². The minimum absolute atomic E-state index is 0.0325. The molecule has 0 bridgehead atoms. The van der Waals surface area contributed by atoms with Crippen molar-refractivity contribution in [3.05, 3.63) is 11.6 Å². The molecular weight excluding hydrogens is 867 g/mol. The molecule has 3 saturated carbocycles. The fraction of sp³-hybridized carbons (Fsp3) is 0.955. The van der Waals surface area contributed by atoms with Crippen LogP contribution in [0.4, 0.5) is 0 Å². The molecule has 0 heterocycles. The van der Waals surface area contributed by atoms with Crippen molar-refractivity contribution < 1.29 is 14.6 Å². The third kappa shape index (κ3) is 22.0. The second-order valence-electron chi connectivity index (χ2n) is 26.4. The lowest BCUT2D eigenvalue weighted by atomic mass is 9.47. The zero-order valence-corrected chi connectivity index (χ0v) is 49.3. The molecule has 0 aliphatic heterocycles. The minimum atomic E-state index is 0.0325. The molecule has 4 rings (SSSR count). The van der Waals surface area contributed by atoms with Gasteiger partial charge in [-0.25, -0.2) is 0 Å². The number of hydrogen-bond acceptors (Lipinski definition) is 4. The molecule has 0 aromatic carbocycles. The quantitative estimate of drug-likeness (QED) is 0.0376. The highest BCUT2D eigenvalue weighted by molar-refractivity contribution is 5.69. The minimum Gasteiger partial charge on any atom is -0.462 e. The van der Waals surface area contributed by atoms with Crippen LogP contribution in [0.5, 0.6) is 0 Å². The van der Waals surface area contributed by atoms with Crippen LogP contribution in [0, 0.1) is 52.3 Å². The summed E-state index contributed by atoms with van der Waals surface area (Å²) >= 11 is 0. The summed E-state index contributed by atoms with van der Waals surface area (Å²) in [5.74, 6) is 5.94. The van der Waals surface area contributed by atoms with E-state index in [1.54, 1.807) is 5.57 Å². The summed E-state index contributed by atoms with van der Waals surface area (Å²) < 4.78 is 6.31. The van der Waals surface area contributed by atoms with E-state index in [-0.39, 0.29) is 18.7 Å². The van der Waals surface area contributed by atoms with Gasteiger partial charge in [0.2, 0.25) is 0 Å². The average molecular weight is 993 g/mol. The zero-order valence-electron chi connectivity index (χ0n) is 49.3. The van der Waals surface area contributed by atoms with E-state index in [1.165, 1.54) is 231 Å². The Balaban J connectivity index is 1.16. The van der Waals surface area contributed by atoms with Gasteiger partial charge in [-0.1, -0.05) is 253 Å². The van der Waals surface area contributed by atoms with E-state index in [9.17, 15) is 9.90 Å².